The van der Waals surface area contributed by atoms with Crippen molar-refractivity contribution >= 4 is 35.8 Å². The van der Waals surface area contributed by atoms with Crippen LogP contribution in [0.1, 0.15) is 19.8 Å². The molecule has 1 saturated heterocycles. The molecule has 1 atom stereocenters. The lowest BCUT2D eigenvalue weighted by Crippen LogP contribution is -2.51. The molecule has 0 spiro atoms. The average Bonchev–Trinajstić information content (AvgIpc) is 2.56. The number of likely N-dealkylation sites (N-methyl/N-ethyl adjacent to an activating group) is 1. The second-order valence-electron chi connectivity index (χ2n) is 5.45. The average molecular weight is 447 g/mol. The molecule has 0 aromatic carbocycles. The Labute approximate surface area is 160 Å². The molecule has 0 aliphatic carbocycles. The molecule has 1 aromatic rings. The number of aromatic nitrogens is 1. The summed E-state index contributed by atoms with van der Waals surface area (Å²) >= 11 is 0. The number of aliphatic imine (C=N–C) groups is 1. The van der Waals surface area contributed by atoms with E-state index in [9.17, 15) is 4.79 Å². The Kier molecular flexibility index (Phi) is 9.43. The molecule has 1 aliphatic rings. The molecular weight excluding hydrogens is 421 g/mol. The fraction of sp³-hybridized carbons (Fsp3) is 0.562. The summed E-state index contributed by atoms with van der Waals surface area (Å²) in [7, 11) is 1.84. The predicted molar refractivity (Wildman–Crippen MR) is 105 cm³/mol. The zero-order valence-electron chi connectivity index (χ0n) is 14.2. The number of ether oxygens (including phenoxy) is 1. The highest BCUT2D eigenvalue weighted by Gasteiger charge is 2.23. The minimum atomic E-state index is 0. The van der Waals surface area contributed by atoms with Crippen LogP contribution in [-0.4, -0.2) is 61.1 Å². The number of guanidine groups is 1. The van der Waals surface area contributed by atoms with Crippen molar-refractivity contribution < 1.29 is 9.53 Å². The van der Waals surface area contributed by atoms with Crippen molar-refractivity contribution in [3.05, 3.63) is 24.5 Å². The summed E-state index contributed by atoms with van der Waals surface area (Å²) in [6, 6.07) is 3.94. The van der Waals surface area contributed by atoms with E-state index in [-0.39, 0.29) is 35.9 Å². The molecule has 1 unspecified atom stereocenters. The number of hydrogen-bond acceptors (Lipinski definition) is 4. The fourth-order valence-electron chi connectivity index (χ4n) is 2.40. The van der Waals surface area contributed by atoms with E-state index in [1.807, 2.05) is 26.1 Å². The van der Waals surface area contributed by atoms with Gasteiger partial charge in [0.1, 0.15) is 12.4 Å². The van der Waals surface area contributed by atoms with Gasteiger partial charge < -0.3 is 20.3 Å². The monoisotopic (exact) mass is 447 g/mol. The second kappa shape index (κ2) is 11.1. The van der Waals surface area contributed by atoms with Crippen LogP contribution in [0.2, 0.25) is 0 Å². The van der Waals surface area contributed by atoms with Crippen LogP contribution in [0.25, 0.3) is 0 Å². The van der Waals surface area contributed by atoms with E-state index in [0.29, 0.717) is 26.1 Å². The molecule has 7 nitrogen and oxygen atoms in total. The quantitative estimate of drug-likeness (QED) is 0.297. The first-order valence-electron chi connectivity index (χ1n) is 8.00. The van der Waals surface area contributed by atoms with Crippen molar-refractivity contribution in [3.63, 3.8) is 0 Å². The molecule has 24 heavy (non-hydrogen) atoms. The predicted octanol–water partition coefficient (Wildman–Crippen LogP) is 1.25. The van der Waals surface area contributed by atoms with Gasteiger partial charge >= 0.3 is 0 Å². The lowest BCUT2D eigenvalue weighted by molar-refractivity contribution is -0.132. The van der Waals surface area contributed by atoms with E-state index in [1.54, 1.807) is 17.3 Å². The number of nitrogens with one attached hydrogen (secondary N) is 2. The Morgan fingerprint density at radius 1 is 1.54 bits per heavy atom. The summed E-state index contributed by atoms with van der Waals surface area (Å²) in [6.07, 6.45) is 4.81. The van der Waals surface area contributed by atoms with Crippen LogP contribution in [0.15, 0.2) is 29.5 Å². The van der Waals surface area contributed by atoms with Crippen LogP contribution < -0.4 is 15.4 Å². The standard InChI is InChI=1S/C16H25N5O2.HI/c1-3-18-16(20-13-6-7-15(22)21(2)12-13)19-9-10-23-14-5-4-8-17-11-14;/h4-5,8,11,13H,3,6-7,9-10,12H2,1-2H3,(H2,18,19,20);1H. The van der Waals surface area contributed by atoms with Gasteiger partial charge in [0.15, 0.2) is 5.96 Å². The van der Waals surface area contributed by atoms with Gasteiger partial charge in [-0.15, -0.1) is 24.0 Å². The minimum absolute atomic E-state index is 0. The Hall–Kier alpha value is -1.58. The number of nitrogens with zero attached hydrogens (tertiary/aromatic N) is 3. The molecule has 2 N–H and O–H groups in total. The number of hydrogen-bond donors (Lipinski definition) is 2. The van der Waals surface area contributed by atoms with E-state index in [0.717, 1.165) is 24.7 Å². The van der Waals surface area contributed by atoms with E-state index in [2.05, 4.69) is 20.6 Å². The maximum absolute atomic E-state index is 11.5. The third kappa shape index (κ3) is 6.90. The van der Waals surface area contributed by atoms with E-state index < -0.39 is 0 Å². The topological polar surface area (TPSA) is 78.9 Å². The van der Waals surface area contributed by atoms with Gasteiger partial charge in [0.05, 0.1) is 12.7 Å². The zero-order valence-corrected chi connectivity index (χ0v) is 16.5. The lowest BCUT2D eigenvalue weighted by Gasteiger charge is -2.31. The largest absolute Gasteiger partial charge is 0.490 e. The first-order valence-corrected chi connectivity index (χ1v) is 8.00. The first kappa shape index (κ1) is 20.5. The van der Waals surface area contributed by atoms with Gasteiger partial charge in [-0.25, -0.2) is 4.99 Å². The summed E-state index contributed by atoms with van der Waals surface area (Å²) in [5, 5.41) is 6.61. The smallest absolute Gasteiger partial charge is 0.222 e. The van der Waals surface area contributed by atoms with E-state index >= 15 is 0 Å². The van der Waals surface area contributed by atoms with Crippen LogP contribution in [0, 0.1) is 0 Å². The highest BCUT2D eigenvalue weighted by atomic mass is 127. The van der Waals surface area contributed by atoms with Crippen molar-refractivity contribution in [3.8, 4) is 5.75 Å². The molecule has 8 heteroatoms. The molecule has 1 amide bonds. The summed E-state index contributed by atoms with van der Waals surface area (Å²) in [6.45, 7) is 4.56. The molecule has 1 aliphatic heterocycles. The Bertz CT molecular complexity index is 526. The Morgan fingerprint density at radius 2 is 2.38 bits per heavy atom. The number of halogens is 1. The van der Waals surface area contributed by atoms with Crippen LogP contribution in [0.3, 0.4) is 0 Å². The molecule has 1 aromatic heterocycles. The molecule has 0 bridgehead atoms. The van der Waals surface area contributed by atoms with Crippen LogP contribution >= 0.6 is 24.0 Å². The SMILES string of the molecule is CCNC(=NCCOc1cccnc1)NC1CCC(=O)N(C)C1.I. The molecular formula is C16H26IN5O2. The fourth-order valence-corrected chi connectivity index (χ4v) is 2.40. The third-order valence-corrected chi connectivity index (χ3v) is 3.58. The summed E-state index contributed by atoms with van der Waals surface area (Å²) in [4.78, 5) is 21.8. The number of piperidine rings is 1. The zero-order chi connectivity index (χ0) is 16.5. The van der Waals surface area contributed by atoms with Crippen molar-refractivity contribution in [2.24, 2.45) is 4.99 Å². The third-order valence-electron chi connectivity index (χ3n) is 3.58. The molecule has 134 valence electrons. The van der Waals surface area contributed by atoms with Gasteiger partial charge in [-0.3, -0.25) is 9.78 Å². The number of carbonyl (C=O) groups excluding carboxylic acids is 1. The molecule has 2 heterocycles. The van der Waals surface area contributed by atoms with Gasteiger partial charge in [0.25, 0.3) is 0 Å². The van der Waals surface area contributed by atoms with Gasteiger partial charge in [-0.05, 0) is 25.5 Å². The molecule has 0 radical (unpaired) electrons. The summed E-state index contributed by atoms with van der Waals surface area (Å²) < 4.78 is 5.58. The van der Waals surface area contributed by atoms with E-state index in [4.69, 9.17) is 4.74 Å². The second-order valence-corrected chi connectivity index (χ2v) is 5.45. The number of rotatable bonds is 6. The highest BCUT2D eigenvalue weighted by molar-refractivity contribution is 14.0. The van der Waals surface area contributed by atoms with Crippen molar-refractivity contribution in [2.45, 2.75) is 25.8 Å². The normalized spacial score (nSPS) is 17.9. The number of carbonyl (C=O) groups is 1. The lowest BCUT2D eigenvalue weighted by atomic mass is 10.1. The van der Waals surface area contributed by atoms with Crippen LogP contribution in [0.5, 0.6) is 5.75 Å². The number of amides is 1. The van der Waals surface area contributed by atoms with E-state index in [1.165, 1.54) is 0 Å². The number of pyridine rings is 1. The van der Waals surface area contributed by atoms with Crippen molar-refractivity contribution in [1.82, 2.24) is 20.5 Å². The van der Waals surface area contributed by atoms with Crippen molar-refractivity contribution in [2.75, 3.05) is 33.3 Å². The highest BCUT2D eigenvalue weighted by Crippen LogP contribution is 2.09. The van der Waals surface area contributed by atoms with Gasteiger partial charge in [0.2, 0.25) is 5.91 Å². The van der Waals surface area contributed by atoms with Crippen LogP contribution in [-0.2, 0) is 4.79 Å². The van der Waals surface area contributed by atoms with Gasteiger partial charge in [0, 0.05) is 38.8 Å². The first-order chi connectivity index (χ1) is 11.2. The van der Waals surface area contributed by atoms with Gasteiger partial charge in [-0.1, -0.05) is 0 Å². The van der Waals surface area contributed by atoms with Crippen LogP contribution in [0.4, 0.5) is 0 Å². The molecule has 0 saturated carbocycles. The molecule has 2 rings (SSSR count). The molecule has 1 fully saturated rings. The van der Waals surface area contributed by atoms with Crippen molar-refractivity contribution in [1.29, 1.82) is 0 Å². The summed E-state index contributed by atoms with van der Waals surface area (Å²) in [5.41, 5.74) is 0. The Morgan fingerprint density at radius 3 is 3.04 bits per heavy atom. The summed E-state index contributed by atoms with van der Waals surface area (Å²) in [5.74, 6) is 1.71. The maximum atomic E-state index is 11.5. The minimum Gasteiger partial charge on any atom is -0.490 e. The number of likely N-dealkylation sites (tertiary alicyclic amines) is 1. The Balaban J connectivity index is 0.00000288. The van der Waals surface area contributed by atoms with Gasteiger partial charge in [-0.2, -0.15) is 0 Å². The maximum Gasteiger partial charge on any atom is 0.222 e.